The summed E-state index contributed by atoms with van der Waals surface area (Å²) in [5.41, 5.74) is 2.82. The van der Waals surface area contributed by atoms with Gasteiger partial charge in [-0.05, 0) is 36.8 Å². The summed E-state index contributed by atoms with van der Waals surface area (Å²) < 4.78 is 29.0. The van der Waals surface area contributed by atoms with Crippen LogP contribution in [0.15, 0.2) is 53.7 Å². The molecule has 0 saturated heterocycles. The molecule has 2 aromatic heterocycles. The standard InChI is InChI=1S/C16H16ClN3O2S/c1-12-7-9-20-11-13(19-16(20)10-12)6-8-18-23(21,22)15-5-3-2-4-14(15)17/h2-5,7,9-11,18H,6,8H2,1H3. The largest absolute Gasteiger partial charge is 0.307 e. The molecule has 1 N–H and O–H groups in total. The van der Waals surface area contributed by atoms with Crippen molar-refractivity contribution in [2.45, 2.75) is 18.2 Å². The molecule has 0 spiro atoms. The molecule has 5 nitrogen and oxygen atoms in total. The Balaban J connectivity index is 1.69. The van der Waals surface area contributed by atoms with Crippen LogP contribution in [0.5, 0.6) is 0 Å². The predicted octanol–water partition coefficient (Wildman–Crippen LogP) is 2.82. The van der Waals surface area contributed by atoms with Crippen LogP contribution < -0.4 is 4.72 Å². The van der Waals surface area contributed by atoms with Crippen molar-refractivity contribution in [1.82, 2.24) is 14.1 Å². The normalized spacial score (nSPS) is 11.9. The molecule has 0 aliphatic rings. The van der Waals surface area contributed by atoms with E-state index in [0.29, 0.717) is 6.42 Å². The van der Waals surface area contributed by atoms with Crippen LogP contribution in [0.3, 0.4) is 0 Å². The lowest BCUT2D eigenvalue weighted by Gasteiger charge is -2.07. The molecule has 3 aromatic rings. The van der Waals surface area contributed by atoms with Gasteiger partial charge in [-0.2, -0.15) is 0 Å². The number of imidazole rings is 1. The number of rotatable bonds is 5. The van der Waals surface area contributed by atoms with E-state index in [1.807, 2.05) is 35.9 Å². The van der Waals surface area contributed by atoms with E-state index in [0.717, 1.165) is 16.9 Å². The first kappa shape index (κ1) is 16.0. The average molecular weight is 350 g/mol. The highest BCUT2D eigenvalue weighted by molar-refractivity contribution is 7.89. The number of nitrogens with one attached hydrogen (secondary N) is 1. The van der Waals surface area contributed by atoms with Crippen LogP contribution in [0.1, 0.15) is 11.3 Å². The fourth-order valence-corrected chi connectivity index (χ4v) is 3.86. The van der Waals surface area contributed by atoms with Gasteiger partial charge < -0.3 is 4.40 Å². The van der Waals surface area contributed by atoms with Crippen molar-refractivity contribution in [2.75, 3.05) is 6.54 Å². The van der Waals surface area contributed by atoms with Crippen molar-refractivity contribution in [3.05, 3.63) is 65.1 Å². The summed E-state index contributed by atoms with van der Waals surface area (Å²) in [6, 6.07) is 10.4. The van der Waals surface area contributed by atoms with E-state index < -0.39 is 10.0 Å². The van der Waals surface area contributed by atoms with E-state index in [-0.39, 0.29) is 16.5 Å². The molecule has 0 saturated carbocycles. The predicted molar refractivity (Wildman–Crippen MR) is 90.3 cm³/mol. The second kappa shape index (κ2) is 6.31. The minimum Gasteiger partial charge on any atom is -0.307 e. The molecule has 0 unspecified atom stereocenters. The molecular formula is C16H16ClN3O2S. The van der Waals surface area contributed by atoms with Gasteiger partial charge in [0.15, 0.2) is 0 Å². The van der Waals surface area contributed by atoms with Gasteiger partial charge in [0, 0.05) is 25.4 Å². The first-order valence-corrected chi connectivity index (χ1v) is 9.00. The quantitative estimate of drug-likeness (QED) is 0.770. The van der Waals surface area contributed by atoms with Crippen molar-refractivity contribution in [1.29, 1.82) is 0 Å². The summed E-state index contributed by atoms with van der Waals surface area (Å²) >= 11 is 5.94. The minimum absolute atomic E-state index is 0.0901. The smallest absolute Gasteiger partial charge is 0.242 e. The maximum absolute atomic E-state index is 12.2. The number of fused-ring (bicyclic) bond motifs is 1. The monoisotopic (exact) mass is 349 g/mol. The number of aryl methyl sites for hydroxylation is 1. The summed E-state index contributed by atoms with van der Waals surface area (Å²) in [6.45, 7) is 2.27. The maximum Gasteiger partial charge on any atom is 0.242 e. The van der Waals surface area contributed by atoms with Gasteiger partial charge in [-0.3, -0.25) is 0 Å². The van der Waals surface area contributed by atoms with Crippen molar-refractivity contribution in [3.63, 3.8) is 0 Å². The Bertz CT molecular complexity index is 951. The summed E-state index contributed by atoms with van der Waals surface area (Å²) in [5.74, 6) is 0. The lowest BCUT2D eigenvalue weighted by molar-refractivity contribution is 0.581. The Labute approximate surface area is 140 Å². The highest BCUT2D eigenvalue weighted by Crippen LogP contribution is 2.20. The Morgan fingerprint density at radius 2 is 2.04 bits per heavy atom. The van der Waals surface area contributed by atoms with Crippen molar-refractivity contribution < 1.29 is 8.42 Å². The van der Waals surface area contributed by atoms with Gasteiger partial charge in [0.1, 0.15) is 10.5 Å². The molecule has 23 heavy (non-hydrogen) atoms. The van der Waals surface area contributed by atoms with E-state index in [9.17, 15) is 8.42 Å². The number of sulfonamides is 1. The summed E-state index contributed by atoms with van der Waals surface area (Å²) in [4.78, 5) is 4.58. The molecule has 0 bridgehead atoms. The molecule has 1 aromatic carbocycles. The summed E-state index contributed by atoms with van der Waals surface area (Å²) in [7, 11) is -3.61. The van der Waals surface area contributed by atoms with Crippen LogP contribution in [-0.2, 0) is 16.4 Å². The van der Waals surface area contributed by atoms with Gasteiger partial charge in [0.2, 0.25) is 10.0 Å². The van der Waals surface area contributed by atoms with E-state index >= 15 is 0 Å². The molecule has 2 heterocycles. The van der Waals surface area contributed by atoms with E-state index in [4.69, 9.17) is 11.6 Å². The molecule has 0 radical (unpaired) electrons. The van der Waals surface area contributed by atoms with Gasteiger partial charge in [0.05, 0.1) is 10.7 Å². The van der Waals surface area contributed by atoms with Crippen LogP contribution in [-0.4, -0.2) is 24.3 Å². The minimum atomic E-state index is -3.61. The third kappa shape index (κ3) is 3.55. The lowest BCUT2D eigenvalue weighted by Crippen LogP contribution is -2.26. The number of benzene rings is 1. The Hall–Kier alpha value is -1.89. The number of hydrogen-bond donors (Lipinski definition) is 1. The SMILES string of the molecule is Cc1ccn2cc(CCNS(=O)(=O)c3ccccc3Cl)nc2c1. The highest BCUT2D eigenvalue weighted by Gasteiger charge is 2.16. The lowest BCUT2D eigenvalue weighted by atomic mass is 10.3. The molecule has 0 amide bonds. The highest BCUT2D eigenvalue weighted by atomic mass is 35.5. The maximum atomic E-state index is 12.2. The molecule has 120 valence electrons. The molecule has 0 atom stereocenters. The molecule has 3 rings (SSSR count). The second-order valence-electron chi connectivity index (χ2n) is 5.28. The number of hydrogen-bond acceptors (Lipinski definition) is 3. The number of pyridine rings is 1. The average Bonchev–Trinajstić information content (AvgIpc) is 2.89. The second-order valence-corrected chi connectivity index (χ2v) is 7.42. The topological polar surface area (TPSA) is 63.5 Å². The van der Waals surface area contributed by atoms with Crippen LogP contribution >= 0.6 is 11.6 Å². The van der Waals surface area contributed by atoms with Crippen LogP contribution in [0, 0.1) is 6.92 Å². The molecular weight excluding hydrogens is 334 g/mol. The fourth-order valence-electron chi connectivity index (χ4n) is 2.31. The first-order valence-electron chi connectivity index (χ1n) is 7.14. The van der Waals surface area contributed by atoms with Crippen molar-refractivity contribution >= 4 is 27.3 Å². The van der Waals surface area contributed by atoms with Crippen molar-refractivity contribution in [2.24, 2.45) is 0 Å². The molecule has 0 aliphatic heterocycles. The Morgan fingerprint density at radius 1 is 1.26 bits per heavy atom. The van der Waals surface area contributed by atoms with E-state index in [2.05, 4.69) is 9.71 Å². The van der Waals surface area contributed by atoms with Gasteiger partial charge in [0.25, 0.3) is 0 Å². The molecule has 0 aliphatic carbocycles. The van der Waals surface area contributed by atoms with Gasteiger partial charge in [-0.1, -0.05) is 23.7 Å². The Morgan fingerprint density at radius 3 is 2.83 bits per heavy atom. The summed E-state index contributed by atoms with van der Waals surface area (Å²) in [5, 5.41) is 0.211. The molecule has 7 heteroatoms. The number of nitrogens with zero attached hydrogens (tertiary/aromatic N) is 2. The van der Waals surface area contributed by atoms with Gasteiger partial charge in [-0.15, -0.1) is 0 Å². The van der Waals surface area contributed by atoms with Gasteiger partial charge in [-0.25, -0.2) is 18.1 Å². The van der Waals surface area contributed by atoms with Crippen LogP contribution in [0.25, 0.3) is 5.65 Å². The third-order valence-electron chi connectivity index (χ3n) is 3.46. The van der Waals surface area contributed by atoms with E-state index in [1.54, 1.807) is 18.2 Å². The third-order valence-corrected chi connectivity index (χ3v) is 5.43. The van der Waals surface area contributed by atoms with Crippen LogP contribution in [0.2, 0.25) is 5.02 Å². The Kier molecular flexibility index (Phi) is 4.39. The molecule has 0 fully saturated rings. The zero-order chi connectivity index (χ0) is 16.4. The zero-order valence-electron chi connectivity index (χ0n) is 12.5. The van der Waals surface area contributed by atoms with Crippen LogP contribution in [0.4, 0.5) is 0 Å². The van der Waals surface area contributed by atoms with Crippen molar-refractivity contribution in [3.8, 4) is 0 Å². The number of aromatic nitrogens is 2. The first-order chi connectivity index (χ1) is 11.0. The summed E-state index contributed by atoms with van der Waals surface area (Å²) in [6.07, 6.45) is 4.35. The van der Waals surface area contributed by atoms with Gasteiger partial charge >= 0.3 is 0 Å². The number of halogens is 1. The van der Waals surface area contributed by atoms with E-state index in [1.165, 1.54) is 6.07 Å². The zero-order valence-corrected chi connectivity index (χ0v) is 14.1. The fraction of sp³-hybridized carbons (Fsp3) is 0.188.